The van der Waals surface area contributed by atoms with E-state index in [4.69, 9.17) is 0 Å². The van der Waals surface area contributed by atoms with Gasteiger partial charge in [0.1, 0.15) is 0 Å². The van der Waals surface area contributed by atoms with E-state index in [1.165, 1.54) is 45.3 Å². The van der Waals surface area contributed by atoms with E-state index in [0.717, 1.165) is 5.41 Å². The first-order valence-electron chi connectivity index (χ1n) is 4.57. The smallest absolute Gasteiger partial charge is 0.00379 e. The molecule has 0 radical (unpaired) electrons. The summed E-state index contributed by atoms with van der Waals surface area (Å²) in [5.74, 6) is 0. The molecule has 0 aromatic carbocycles. The molecule has 1 saturated carbocycles. The summed E-state index contributed by atoms with van der Waals surface area (Å²) in [5.41, 5.74) is 0.792. The summed E-state index contributed by atoms with van der Waals surface area (Å²) in [5, 5.41) is 0. The summed E-state index contributed by atoms with van der Waals surface area (Å²) in [6.45, 7) is 6.50. The maximum atomic E-state index is 2.61. The molecule has 1 heterocycles. The zero-order valence-electron chi connectivity index (χ0n) is 6.90. The fourth-order valence-corrected chi connectivity index (χ4v) is 1.81. The normalized spacial score (nSPS) is 29.7. The number of likely N-dealkylation sites (tertiary alicyclic amines) is 1. The molecule has 1 heteroatoms. The van der Waals surface area contributed by atoms with E-state index in [-0.39, 0.29) is 0 Å². The minimum Gasteiger partial charge on any atom is -0.303 e. The van der Waals surface area contributed by atoms with Crippen molar-refractivity contribution in [3.05, 3.63) is 0 Å². The highest BCUT2D eigenvalue weighted by molar-refractivity contribution is 4.95. The van der Waals surface area contributed by atoms with Crippen LogP contribution in [0.15, 0.2) is 0 Å². The molecule has 0 atom stereocenters. The number of rotatable bonds is 3. The van der Waals surface area contributed by atoms with Crippen LogP contribution in [0.4, 0.5) is 0 Å². The maximum Gasteiger partial charge on any atom is 0.00379 e. The van der Waals surface area contributed by atoms with E-state index in [2.05, 4.69) is 11.8 Å². The van der Waals surface area contributed by atoms with Crippen LogP contribution in [0.25, 0.3) is 0 Å². The van der Waals surface area contributed by atoms with Crippen molar-refractivity contribution in [3.8, 4) is 0 Å². The summed E-state index contributed by atoms with van der Waals surface area (Å²) in [4.78, 5) is 2.61. The molecule has 2 aliphatic rings. The zero-order chi connectivity index (χ0) is 7.03. The number of nitrogens with zero attached hydrogens (tertiary/aromatic N) is 1. The van der Waals surface area contributed by atoms with Crippen LogP contribution in [0.1, 0.15) is 32.6 Å². The van der Waals surface area contributed by atoms with E-state index >= 15 is 0 Å². The highest BCUT2D eigenvalue weighted by Gasteiger charge is 2.42. The number of hydrogen-bond acceptors (Lipinski definition) is 1. The quantitative estimate of drug-likeness (QED) is 0.577. The van der Waals surface area contributed by atoms with Crippen LogP contribution in [-0.4, -0.2) is 24.5 Å². The molecule has 1 nitrogen and oxygen atoms in total. The third-order valence-electron chi connectivity index (χ3n) is 3.21. The van der Waals surface area contributed by atoms with Gasteiger partial charge in [-0.05, 0) is 44.2 Å². The van der Waals surface area contributed by atoms with Crippen molar-refractivity contribution in [3.63, 3.8) is 0 Å². The van der Waals surface area contributed by atoms with Crippen LogP contribution < -0.4 is 0 Å². The molecule has 58 valence electrons. The van der Waals surface area contributed by atoms with Crippen LogP contribution in [0.3, 0.4) is 0 Å². The maximum absolute atomic E-state index is 2.61. The topological polar surface area (TPSA) is 3.24 Å². The number of hydrogen-bond donors (Lipinski definition) is 0. The van der Waals surface area contributed by atoms with Gasteiger partial charge in [-0.1, -0.05) is 6.92 Å². The largest absolute Gasteiger partial charge is 0.303 e. The highest BCUT2D eigenvalue weighted by Crippen LogP contribution is 2.49. The van der Waals surface area contributed by atoms with Crippen molar-refractivity contribution in [2.75, 3.05) is 19.6 Å². The van der Waals surface area contributed by atoms with E-state index in [9.17, 15) is 0 Å². The molecule has 0 bridgehead atoms. The van der Waals surface area contributed by atoms with Gasteiger partial charge in [-0.25, -0.2) is 0 Å². The summed E-state index contributed by atoms with van der Waals surface area (Å²) < 4.78 is 0. The standard InChI is InChI=1S/C9H17N/c1-2-9(4-5-9)8-10-6-3-7-10/h2-8H2,1H3. The summed E-state index contributed by atoms with van der Waals surface area (Å²) in [7, 11) is 0. The van der Waals surface area contributed by atoms with Crippen LogP contribution >= 0.6 is 0 Å². The Balaban J connectivity index is 1.77. The van der Waals surface area contributed by atoms with Gasteiger partial charge in [0, 0.05) is 6.54 Å². The summed E-state index contributed by atoms with van der Waals surface area (Å²) in [6, 6.07) is 0. The third-order valence-corrected chi connectivity index (χ3v) is 3.21. The molecule has 1 aliphatic heterocycles. The van der Waals surface area contributed by atoms with E-state index < -0.39 is 0 Å². The fourth-order valence-electron chi connectivity index (χ4n) is 1.81. The Morgan fingerprint density at radius 3 is 2.30 bits per heavy atom. The molecule has 2 rings (SSSR count). The highest BCUT2D eigenvalue weighted by atomic mass is 15.2. The zero-order valence-corrected chi connectivity index (χ0v) is 6.90. The van der Waals surface area contributed by atoms with Gasteiger partial charge in [-0.3, -0.25) is 0 Å². The molecular formula is C9H17N. The Morgan fingerprint density at radius 2 is 2.00 bits per heavy atom. The van der Waals surface area contributed by atoms with Crippen LogP contribution in [-0.2, 0) is 0 Å². The average Bonchev–Trinajstić information content (AvgIpc) is 2.60. The molecule has 0 spiro atoms. The van der Waals surface area contributed by atoms with Crippen molar-refractivity contribution in [1.29, 1.82) is 0 Å². The monoisotopic (exact) mass is 139 g/mol. The van der Waals surface area contributed by atoms with Crippen molar-refractivity contribution < 1.29 is 0 Å². The van der Waals surface area contributed by atoms with E-state index in [1.807, 2.05) is 0 Å². The Labute approximate surface area is 63.4 Å². The van der Waals surface area contributed by atoms with E-state index in [0.29, 0.717) is 0 Å². The molecule has 10 heavy (non-hydrogen) atoms. The van der Waals surface area contributed by atoms with Crippen molar-refractivity contribution in [1.82, 2.24) is 4.90 Å². The molecule has 0 amide bonds. The van der Waals surface area contributed by atoms with Gasteiger partial charge in [0.25, 0.3) is 0 Å². The molecule has 0 aromatic heterocycles. The Morgan fingerprint density at radius 1 is 1.30 bits per heavy atom. The minimum absolute atomic E-state index is 0.792. The molecule has 0 N–H and O–H groups in total. The summed E-state index contributed by atoms with van der Waals surface area (Å²) >= 11 is 0. The van der Waals surface area contributed by atoms with Gasteiger partial charge < -0.3 is 4.90 Å². The predicted octanol–water partition coefficient (Wildman–Crippen LogP) is 1.88. The molecule has 1 aliphatic carbocycles. The Bertz CT molecular complexity index is 123. The first kappa shape index (κ1) is 6.66. The predicted molar refractivity (Wildman–Crippen MR) is 43.0 cm³/mol. The lowest BCUT2D eigenvalue weighted by molar-refractivity contribution is 0.142. The van der Waals surface area contributed by atoms with Gasteiger partial charge in [0.15, 0.2) is 0 Å². The lowest BCUT2D eigenvalue weighted by atomic mass is 10.0. The molecule has 1 saturated heterocycles. The van der Waals surface area contributed by atoms with Gasteiger partial charge in [0.2, 0.25) is 0 Å². The van der Waals surface area contributed by atoms with Crippen LogP contribution in [0.2, 0.25) is 0 Å². The fraction of sp³-hybridized carbons (Fsp3) is 1.00. The van der Waals surface area contributed by atoms with Gasteiger partial charge in [0.05, 0.1) is 0 Å². The molecule has 2 fully saturated rings. The van der Waals surface area contributed by atoms with Crippen molar-refractivity contribution >= 4 is 0 Å². The lowest BCUT2D eigenvalue weighted by Crippen LogP contribution is -2.40. The lowest BCUT2D eigenvalue weighted by Gasteiger charge is -2.34. The second-order valence-electron chi connectivity index (χ2n) is 3.98. The second-order valence-corrected chi connectivity index (χ2v) is 3.98. The first-order valence-corrected chi connectivity index (χ1v) is 4.57. The SMILES string of the molecule is CCC1(CN2CCC2)CC1. The average molecular weight is 139 g/mol. The molecule has 0 unspecified atom stereocenters. The minimum atomic E-state index is 0.792. The van der Waals surface area contributed by atoms with Crippen molar-refractivity contribution in [2.45, 2.75) is 32.6 Å². The van der Waals surface area contributed by atoms with Gasteiger partial charge in [-0.15, -0.1) is 0 Å². The Hall–Kier alpha value is -0.0400. The first-order chi connectivity index (χ1) is 4.85. The Kier molecular flexibility index (Phi) is 1.48. The van der Waals surface area contributed by atoms with Crippen LogP contribution in [0.5, 0.6) is 0 Å². The molecule has 0 aromatic rings. The van der Waals surface area contributed by atoms with Crippen molar-refractivity contribution in [2.24, 2.45) is 5.41 Å². The van der Waals surface area contributed by atoms with E-state index in [1.54, 1.807) is 0 Å². The third kappa shape index (κ3) is 1.07. The van der Waals surface area contributed by atoms with Gasteiger partial charge in [-0.2, -0.15) is 0 Å². The molecular weight excluding hydrogens is 122 g/mol. The summed E-state index contributed by atoms with van der Waals surface area (Å²) in [6.07, 6.45) is 5.85. The second kappa shape index (κ2) is 2.23. The van der Waals surface area contributed by atoms with Gasteiger partial charge >= 0.3 is 0 Å². The van der Waals surface area contributed by atoms with Crippen LogP contribution in [0, 0.1) is 5.41 Å².